The number of carbonyl (C=O) groups excluding carboxylic acids is 2. The maximum absolute atomic E-state index is 15.4. The summed E-state index contributed by atoms with van der Waals surface area (Å²) in [5.41, 5.74) is 0. The Bertz CT molecular complexity index is 832. The minimum Gasteiger partial charge on any atom is -0.463 e. The summed E-state index contributed by atoms with van der Waals surface area (Å²) in [5, 5.41) is 0. The second-order valence-electron chi connectivity index (χ2n) is 13.9. The number of ether oxygens (including phenoxy) is 4. The Morgan fingerprint density at radius 3 is 1.51 bits per heavy atom. The highest BCUT2D eigenvalue weighted by Crippen LogP contribution is 2.43. The van der Waals surface area contributed by atoms with E-state index in [4.69, 9.17) is 18.9 Å². The maximum Gasteiger partial charge on any atom is 0.330 e. The molecule has 3 aliphatic carbocycles. The fraction of sp³-hybridized carbons (Fsp3) is 0.842. The summed E-state index contributed by atoms with van der Waals surface area (Å²) < 4.78 is 37.7. The zero-order valence-corrected chi connectivity index (χ0v) is 28.1. The van der Waals surface area contributed by atoms with E-state index >= 15 is 4.39 Å². The summed E-state index contributed by atoms with van der Waals surface area (Å²) in [6.07, 6.45) is 25.5. The van der Waals surface area contributed by atoms with Gasteiger partial charge in [-0.25, -0.2) is 14.0 Å². The second kappa shape index (κ2) is 22.7. The molecule has 3 rings (SSSR count). The summed E-state index contributed by atoms with van der Waals surface area (Å²) in [6.45, 7) is 9.38. The molecule has 0 aromatic rings. The molecule has 3 aliphatic rings. The quantitative estimate of drug-likeness (QED) is 0.0672. The number of hydrogen-bond acceptors (Lipinski definition) is 6. The Morgan fingerprint density at radius 1 is 0.578 bits per heavy atom. The first-order valence-corrected chi connectivity index (χ1v) is 18.4. The van der Waals surface area contributed by atoms with Gasteiger partial charge in [-0.15, -0.1) is 0 Å². The van der Waals surface area contributed by atoms with Gasteiger partial charge >= 0.3 is 11.9 Å². The van der Waals surface area contributed by atoms with Gasteiger partial charge in [0.2, 0.25) is 0 Å². The van der Waals surface area contributed by atoms with Gasteiger partial charge in [-0.3, -0.25) is 0 Å². The standard InChI is InChI=1S/C38H63FO6/c1-3-37(40)44-27-11-7-5-9-25-42-33-20-15-30(16-21-33)13-14-31-17-24-35(36(39)29-31)32-18-22-34(23-19-32)43-26-10-6-8-12-28-45-38(41)4-2/h3-4,30-36H,1-2,5-29H2. The van der Waals surface area contributed by atoms with E-state index in [2.05, 4.69) is 13.2 Å². The van der Waals surface area contributed by atoms with Crippen molar-refractivity contribution in [3.8, 4) is 0 Å². The lowest BCUT2D eigenvalue weighted by molar-refractivity contribution is -0.138. The van der Waals surface area contributed by atoms with E-state index in [0.717, 1.165) is 109 Å². The molecule has 7 heteroatoms. The van der Waals surface area contributed by atoms with Gasteiger partial charge in [0, 0.05) is 25.4 Å². The van der Waals surface area contributed by atoms with Crippen LogP contribution in [-0.4, -0.2) is 56.7 Å². The van der Waals surface area contributed by atoms with Gasteiger partial charge < -0.3 is 18.9 Å². The van der Waals surface area contributed by atoms with Crippen LogP contribution >= 0.6 is 0 Å². The maximum atomic E-state index is 15.4. The molecule has 0 saturated heterocycles. The topological polar surface area (TPSA) is 71.1 Å². The normalized spacial score (nSPS) is 28.7. The van der Waals surface area contributed by atoms with Gasteiger partial charge in [0.1, 0.15) is 6.17 Å². The first-order valence-electron chi connectivity index (χ1n) is 18.4. The molecule has 0 aliphatic heterocycles. The summed E-state index contributed by atoms with van der Waals surface area (Å²) in [5.74, 6) is 1.47. The van der Waals surface area contributed by atoms with Gasteiger partial charge in [-0.1, -0.05) is 38.8 Å². The highest BCUT2D eigenvalue weighted by Gasteiger charge is 2.37. The summed E-state index contributed by atoms with van der Waals surface area (Å²) >= 11 is 0. The number of rotatable bonds is 22. The van der Waals surface area contributed by atoms with E-state index in [0.29, 0.717) is 37.3 Å². The van der Waals surface area contributed by atoms with Crippen LogP contribution < -0.4 is 0 Å². The van der Waals surface area contributed by atoms with Crippen LogP contribution in [0.1, 0.15) is 135 Å². The average Bonchev–Trinajstić information content (AvgIpc) is 3.06. The Balaban J connectivity index is 1.15. The van der Waals surface area contributed by atoms with E-state index < -0.39 is 6.17 Å². The number of carbonyl (C=O) groups is 2. The summed E-state index contributed by atoms with van der Waals surface area (Å²) in [7, 11) is 0. The summed E-state index contributed by atoms with van der Waals surface area (Å²) in [4.78, 5) is 22.1. The molecule has 0 radical (unpaired) electrons. The molecular weight excluding hydrogens is 571 g/mol. The van der Waals surface area contributed by atoms with Crippen LogP contribution in [0.4, 0.5) is 4.39 Å². The minimum absolute atomic E-state index is 0.264. The van der Waals surface area contributed by atoms with Crippen molar-refractivity contribution < 1.29 is 32.9 Å². The van der Waals surface area contributed by atoms with Crippen LogP contribution in [0.5, 0.6) is 0 Å². The van der Waals surface area contributed by atoms with Crippen LogP contribution in [0.15, 0.2) is 25.3 Å². The van der Waals surface area contributed by atoms with Crippen molar-refractivity contribution in [3.05, 3.63) is 25.3 Å². The summed E-state index contributed by atoms with van der Waals surface area (Å²) in [6, 6.07) is 0. The van der Waals surface area contributed by atoms with Gasteiger partial charge in [0.25, 0.3) is 0 Å². The molecular formula is C38H63FO6. The third kappa shape index (κ3) is 15.6. The Kier molecular flexibility index (Phi) is 19.1. The third-order valence-electron chi connectivity index (χ3n) is 10.6. The molecule has 3 unspecified atom stereocenters. The van der Waals surface area contributed by atoms with Crippen molar-refractivity contribution in [2.24, 2.45) is 23.7 Å². The highest BCUT2D eigenvalue weighted by atomic mass is 19.1. The van der Waals surface area contributed by atoms with Crippen LogP contribution in [0.25, 0.3) is 0 Å². The molecule has 0 N–H and O–H groups in total. The molecule has 258 valence electrons. The first-order chi connectivity index (χ1) is 22.0. The fourth-order valence-corrected chi connectivity index (χ4v) is 7.83. The second-order valence-corrected chi connectivity index (χ2v) is 13.9. The Morgan fingerprint density at radius 2 is 1.02 bits per heavy atom. The Labute approximate surface area is 273 Å². The van der Waals surface area contributed by atoms with Crippen molar-refractivity contribution in [3.63, 3.8) is 0 Å². The highest BCUT2D eigenvalue weighted by molar-refractivity contribution is 5.81. The molecule has 0 spiro atoms. The lowest BCUT2D eigenvalue weighted by Gasteiger charge is -2.40. The average molecular weight is 635 g/mol. The van der Waals surface area contributed by atoms with Gasteiger partial charge in [0.05, 0.1) is 25.4 Å². The van der Waals surface area contributed by atoms with Crippen LogP contribution in [0.2, 0.25) is 0 Å². The number of halogens is 1. The number of alkyl halides is 1. The Hall–Kier alpha value is -1.73. The number of hydrogen-bond donors (Lipinski definition) is 0. The molecule has 0 aromatic carbocycles. The largest absolute Gasteiger partial charge is 0.463 e. The molecule has 0 aromatic heterocycles. The predicted molar refractivity (Wildman–Crippen MR) is 178 cm³/mol. The van der Waals surface area contributed by atoms with Gasteiger partial charge in [0.15, 0.2) is 0 Å². The predicted octanol–water partition coefficient (Wildman–Crippen LogP) is 9.25. The monoisotopic (exact) mass is 634 g/mol. The zero-order valence-electron chi connectivity index (χ0n) is 28.1. The molecule has 3 fully saturated rings. The molecule has 3 saturated carbocycles. The van der Waals surface area contributed by atoms with Crippen molar-refractivity contribution >= 4 is 11.9 Å². The number of esters is 2. The minimum atomic E-state index is -0.622. The van der Waals surface area contributed by atoms with Crippen molar-refractivity contribution in [1.29, 1.82) is 0 Å². The van der Waals surface area contributed by atoms with Crippen molar-refractivity contribution in [2.75, 3.05) is 26.4 Å². The lowest BCUT2D eigenvalue weighted by atomic mass is 9.68. The van der Waals surface area contributed by atoms with E-state index in [-0.39, 0.29) is 17.9 Å². The molecule has 0 heterocycles. The first kappa shape index (κ1) is 37.7. The molecule has 0 amide bonds. The van der Waals surface area contributed by atoms with E-state index in [1.54, 1.807) is 0 Å². The van der Waals surface area contributed by atoms with Crippen LogP contribution in [-0.2, 0) is 28.5 Å². The van der Waals surface area contributed by atoms with Crippen molar-refractivity contribution in [2.45, 2.75) is 153 Å². The zero-order chi connectivity index (χ0) is 32.1. The van der Waals surface area contributed by atoms with Gasteiger partial charge in [-0.05, 0) is 133 Å². The van der Waals surface area contributed by atoms with E-state index in [1.165, 1.54) is 57.1 Å². The fourth-order valence-electron chi connectivity index (χ4n) is 7.83. The smallest absolute Gasteiger partial charge is 0.330 e. The SMILES string of the molecule is C=CC(=O)OCCCCCCOC1CCC(CCC2CCC(C3CCC(OCCCCCCOC(=O)C=C)CC3)C(F)C2)CC1. The van der Waals surface area contributed by atoms with Crippen LogP contribution in [0.3, 0.4) is 0 Å². The van der Waals surface area contributed by atoms with Gasteiger partial charge in [-0.2, -0.15) is 0 Å². The molecule has 0 bridgehead atoms. The third-order valence-corrected chi connectivity index (χ3v) is 10.6. The molecule has 6 nitrogen and oxygen atoms in total. The van der Waals surface area contributed by atoms with Crippen molar-refractivity contribution in [1.82, 2.24) is 0 Å². The molecule has 3 atom stereocenters. The van der Waals surface area contributed by atoms with Crippen LogP contribution in [0, 0.1) is 23.7 Å². The van der Waals surface area contributed by atoms with E-state index in [1.807, 2.05) is 0 Å². The van der Waals surface area contributed by atoms with E-state index in [9.17, 15) is 9.59 Å². The number of unbranched alkanes of at least 4 members (excludes halogenated alkanes) is 6. The lowest BCUT2D eigenvalue weighted by Crippen LogP contribution is -2.35. The molecule has 45 heavy (non-hydrogen) atoms.